The van der Waals surface area contributed by atoms with E-state index < -0.39 is 21.9 Å². The molecule has 120 valence electrons. The molecule has 0 radical (unpaired) electrons. The number of nitrogens with one attached hydrogen (secondary N) is 1. The molecule has 1 saturated carbocycles. The van der Waals surface area contributed by atoms with Crippen LogP contribution in [-0.2, 0) is 14.8 Å². The average Bonchev–Trinajstić information content (AvgIpc) is 3.23. The van der Waals surface area contributed by atoms with E-state index in [-0.39, 0.29) is 29.1 Å². The zero-order valence-corrected chi connectivity index (χ0v) is 12.9. The largest absolute Gasteiger partial charge is 0.443 e. The summed E-state index contributed by atoms with van der Waals surface area (Å²) in [5.74, 6) is -0.455. The molecule has 3 rings (SSSR count). The number of rotatable bonds is 5. The Balaban J connectivity index is 1.62. The molecule has 0 spiro atoms. The summed E-state index contributed by atoms with van der Waals surface area (Å²) in [5.41, 5.74) is 0.259. The molecule has 6 nitrogen and oxygen atoms in total. The van der Waals surface area contributed by atoms with Gasteiger partial charge in [-0.1, -0.05) is 0 Å². The molecule has 2 fully saturated rings. The third-order valence-corrected chi connectivity index (χ3v) is 5.25. The first kappa shape index (κ1) is 15.2. The summed E-state index contributed by atoms with van der Waals surface area (Å²) in [7, 11) is -3.75. The van der Waals surface area contributed by atoms with Crippen LogP contribution in [0.5, 0.6) is 0 Å². The first-order valence-corrected chi connectivity index (χ1v) is 8.58. The van der Waals surface area contributed by atoms with Gasteiger partial charge in [-0.3, -0.25) is 0 Å². The molecule has 1 unspecified atom stereocenters. The number of sulfonamides is 1. The fourth-order valence-electron chi connectivity index (χ4n) is 2.40. The molecule has 1 amide bonds. The number of halogens is 1. The topological polar surface area (TPSA) is 75.7 Å². The molecular formula is C14H17FN2O4S. The molecule has 1 aliphatic carbocycles. The molecule has 8 heteroatoms. The summed E-state index contributed by atoms with van der Waals surface area (Å²) in [6.45, 7) is 1.91. The van der Waals surface area contributed by atoms with Gasteiger partial charge in [-0.25, -0.2) is 22.3 Å². The standard InChI is InChI=1S/C14H17FN2O4S/c1-9-6-12(4-5-13(9)15)22(19,20)16-7-11-8-17(10-2-3-10)14(18)21-11/h4-6,10-11,16H,2-3,7-8H2,1H3. The van der Waals surface area contributed by atoms with Crippen molar-refractivity contribution in [1.29, 1.82) is 0 Å². The van der Waals surface area contributed by atoms with Gasteiger partial charge in [0, 0.05) is 12.6 Å². The molecule has 1 aromatic rings. The minimum Gasteiger partial charge on any atom is -0.443 e. The molecular weight excluding hydrogens is 311 g/mol. The van der Waals surface area contributed by atoms with Crippen molar-refractivity contribution in [2.45, 2.75) is 36.8 Å². The van der Waals surface area contributed by atoms with E-state index in [1.54, 1.807) is 4.90 Å². The summed E-state index contributed by atoms with van der Waals surface area (Å²) in [6, 6.07) is 3.85. The Kier molecular flexibility index (Phi) is 3.82. The summed E-state index contributed by atoms with van der Waals surface area (Å²) in [4.78, 5) is 13.3. The van der Waals surface area contributed by atoms with Gasteiger partial charge >= 0.3 is 6.09 Å². The quantitative estimate of drug-likeness (QED) is 0.886. The Morgan fingerprint density at radius 3 is 2.77 bits per heavy atom. The normalized spacial score (nSPS) is 22.0. The Morgan fingerprint density at radius 1 is 1.41 bits per heavy atom. The van der Waals surface area contributed by atoms with Gasteiger partial charge in [0.25, 0.3) is 0 Å². The van der Waals surface area contributed by atoms with Crippen LogP contribution in [0, 0.1) is 12.7 Å². The Hall–Kier alpha value is -1.67. The van der Waals surface area contributed by atoms with Gasteiger partial charge in [0.2, 0.25) is 10.0 Å². The van der Waals surface area contributed by atoms with Crippen molar-refractivity contribution in [2.24, 2.45) is 0 Å². The van der Waals surface area contributed by atoms with E-state index in [1.807, 2.05) is 0 Å². The molecule has 1 saturated heterocycles. The summed E-state index contributed by atoms with van der Waals surface area (Å²) in [5, 5.41) is 0. The van der Waals surface area contributed by atoms with E-state index in [9.17, 15) is 17.6 Å². The second-order valence-electron chi connectivity index (χ2n) is 5.65. The molecule has 0 bridgehead atoms. The number of benzene rings is 1. The van der Waals surface area contributed by atoms with Crippen LogP contribution in [-0.4, -0.2) is 44.6 Å². The number of amides is 1. The molecule has 0 aromatic heterocycles. The SMILES string of the molecule is Cc1cc(S(=O)(=O)NCC2CN(C3CC3)C(=O)O2)ccc1F. The van der Waals surface area contributed by atoms with Crippen LogP contribution >= 0.6 is 0 Å². The van der Waals surface area contributed by atoms with Gasteiger partial charge in [0.15, 0.2) is 0 Å². The predicted molar refractivity (Wildman–Crippen MR) is 76.3 cm³/mol. The summed E-state index contributed by atoms with van der Waals surface area (Å²) in [6.07, 6.45) is 1.07. The lowest BCUT2D eigenvalue weighted by molar-refractivity contribution is 0.133. The number of ether oxygens (including phenoxy) is 1. The van der Waals surface area contributed by atoms with E-state index in [0.717, 1.165) is 18.9 Å². The van der Waals surface area contributed by atoms with Gasteiger partial charge in [0.05, 0.1) is 11.4 Å². The number of carbonyl (C=O) groups excluding carboxylic acids is 1. The number of carbonyl (C=O) groups is 1. The van der Waals surface area contributed by atoms with Crippen LogP contribution in [0.15, 0.2) is 23.1 Å². The van der Waals surface area contributed by atoms with Crippen LogP contribution in [0.3, 0.4) is 0 Å². The highest BCUT2D eigenvalue weighted by Crippen LogP contribution is 2.30. The minimum atomic E-state index is -3.75. The van der Waals surface area contributed by atoms with Gasteiger partial charge in [-0.05, 0) is 43.5 Å². The van der Waals surface area contributed by atoms with Crippen LogP contribution in [0.4, 0.5) is 9.18 Å². The second-order valence-corrected chi connectivity index (χ2v) is 7.42. The van der Waals surface area contributed by atoms with Crippen molar-refractivity contribution in [3.63, 3.8) is 0 Å². The summed E-state index contributed by atoms with van der Waals surface area (Å²) >= 11 is 0. The lowest BCUT2D eigenvalue weighted by atomic mass is 10.2. The highest BCUT2D eigenvalue weighted by atomic mass is 32.2. The lowest BCUT2D eigenvalue weighted by Crippen LogP contribution is -2.35. The molecule has 1 aliphatic heterocycles. The number of hydrogen-bond acceptors (Lipinski definition) is 4. The van der Waals surface area contributed by atoms with Crippen LogP contribution in [0.25, 0.3) is 0 Å². The predicted octanol–water partition coefficient (Wildman–Crippen LogP) is 1.40. The lowest BCUT2D eigenvalue weighted by Gasteiger charge is -2.12. The average molecular weight is 328 g/mol. The Labute approximate surface area is 128 Å². The smallest absolute Gasteiger partial charge is 0.410 e. The van der Waals surface area contributed by atoms with E-state index in [0.29, 0.717) is 6.54 Å². The third kappa shape index (κ3) is 3.07. The number of cyclic esters (lactones) is 1. The Morgan fingerprint density at radius 2 is 2.14 bits per heavy atom. The molecule has 22 heavy (non-hydrogen) atoms. The maximum absolute atomic E-state index is 13.2. The fourth-order valence-corrected chi connectivity index (χ4v) is 3.55. The maximum atomic E-state index is 13.2. The zero-order chi connectivity index (χ0) is 15.9. The van der Waals surface area contributed by atoms with Gasteiger partial charge in [-0.2, -0.15) is 0 Å². The third-order valence-electron chi connectivity index (χ3n) is 3.83. The van der Waals surface area contributed by atoms with Crippen molar-refractivity contribution in [3.8, 4) is 0 Å². The van der Waals surface area contributed by atoms with Crippen molar-refractivity contribution in [1.82, 2.24) is 9.62 Å². The van der Waals surface area contributed by atoms with E-state index >= 15 is 0 Å². The molecule has 1 aromatic carbocycles. The first-order valence-electron chi connectivity index (χ1n) is 7.10. The number of nitrogens with zero attached hydrogens (tertiary/aromatic N) is 1. The minimum absolute atomic E-state index is 0.00484. The van der Waals surface area contributed by atoms with Gasteiger partial charge < -0.3 is 9.64 Å². The van der Waals surface area contributed by atoms with E-state index in [1.165, 1.54) is 19.1 Å². The van der Waals surface area contributed by atoms with Crippen molar-refractivity contribution in [3.05, 3.63) is 29.6 Å². The first-order chi connectivity index (χ1) is 10.4. The van der Waals surface area contributed by atoms with E-state index in [2.05, 4.69) is 4.72 Å². The summed E-state index contributed by atoms with van der Waals surface area (Å²) < 4.78 is 45.1. The highest BCUT2D eigenvalue weighted by Gasteiger charge is 2.41. The van der Waals surface area contributed by atoms with Crippen molar-refractivity contribution in [2.75, 3.05) is 13.1 Å². The van der Waals surface area contributed by atoms with Gasteiger partial charge in [-0.15, -0.1) is 0 Å². The molecule has 1 atom stereocenters. The molecule has 1 heterocycles. The number of hydrogen-bond donors (Lipinski definition) is 1. The number of aryl methyl sites for hydroxylation is 1. The van der Waals surface area contributed by atoms with Gasteiger partial charge in [0.1, 0.15) is 11.9 Å². The van der Waals surface area contributed by atoms with E-state index in [4.69, 9.17) is 4.74 Å². The van der Waals surface area contributed by atoms with Crippen molar-refractivity contribution >= 4 is 16.1 Å². The maximum Gasteiger partial charge on any atom is 0.410 e. The van der Waals surface area contributed by atoms with Crippen LogP contribution < -0.4 is 4.72 Å². The fraction of sp³-hybridized carbons (Fsp3) is 0.500. The van der Waals surface area contributed by atoms with Crippen molar-refractivity contribution < 1.29 is 22.3 Å². The molecule has 2 aliphatic rings. The Bertz CT molecular complexity index is 703. The zero-order valence-electron chi connectivity index (χ0n) is 12.1. The monoisotopic (exact) mass is 328 g/mol. The van der Waals surface area contributed by atoms with Crippen LogP contribution in [0.1, 0.15) is 18.4 Å². The highest BCUT2D eigenvalue weighted by molar-refractivity contribution is 7.89. The van der Waals surface area contributed by atoms with Crippen LogP contribution in [0.2, 0.25) is 0 Å². The second kappa shape index (κ2) is 5.51. The molecule has 1 N–H and O–H groups in total.